The molecule has 0 N–H and O–H groups in total. The van der Waals surface area contributed by atoms with Crippen LogP contribution in [0.25, 0.3) is 0 Å². The third-order valence-corrected chi connectivity index (χ3v) is 3.20. The third-order valence-electron chi connectivity index (χ3n) is 3.20. The zero-order valence-electron chi connectivity index (χ0n) is 9.93. The van der Waals surface area contributed by atoms with Crippen molar-refractivity contribution in [1.82, 2.24) is 9.91 Å². The largest absolute Gasteiger partial charge is 0.438 e. The lowest BCUT2D eigenvalue weighted by molar-refractivity contribution is -0.156. The van der Waals surface area contributed by atoms with Gasteiger partial charge in [-0.3, -0.25) is 9.69 Å². The van der Waals surface area contributed by atoms with Gasteiger partial charge in [0.05, 0.1) is 0 Å². The van der Waals surface area contributed by atoms with Crippen molar-refractivity contribution in [3.8, 4) is 0 Å². The fourth-order valence-electron chi connectivity index (χ4n) is 2.04. The predicted octanol–water partition coefficient (Wildman–Crippen LogP) is 1.21. The summed E-state index contributed by atoms with van der Waals surface area (Å²) in [6.07, 6.45) is 5.22. The molecule has 2 rings (SSSR count). The van der Waals surface area contributed by atoms with Crippen LogP contribution in [0.4, 0.5) is 0 Å². The summed E-state index contributed by atoms with van der Waals surface area (Å²) >= 11 is 0. The van der Waals surface area contributed by atoms with Crippen LogP contribution in [0.3, 0.4) is 0 Å². The first-order valence-corrected chi connectivity index (χ1v) is 5.95. The monoisotopic (exact) mass is 225 g/mol. The molecule has 0 aromatic carbocycles. The molecule has 1 saturated carbocycles. The van der Waals surface area contributed by atoms with Gasteiger partial charge >= 0.3 is 0 Å². The summed E-state index contributed by atoms with van der Waals surface area (Å²) in [6, 6.07) is 0. The second kappa shape index (κ2) is 4.72. The van der Waals surface area contributed by atoms with Gasteiger partial charge in [-0.2, -0.15) is 0 Å². The fraction of sp³-hybridized carbons (Fsp3) is 0.818. The maximum absolute atomic E-state index is 12.2. The highest BCUT2D eigenvalue weighted by Crippen LogP contribution is 2.29. The van der Waals surface area contributed by atoms with E-state index in [-0.39, 0.29) is 18.2 Å². The molecule has 0 bridgehead atoms. The van der Waals surface area contributed by atoms with Gasteiger partial charge in [0.1, 0.15) is 0 Å². The van der Waals surface area contributed by atoms with E-state index in [9.17, 15) is 4.79 Å². The first kappa shape index (κ1) is 11.2. The van der Waals surface area contributed by atoms with E-state index in [1.54, 1.807) is 9.91 Å². The molecule has 5 nitrogen and oxygen atoms in total. The molecular formula is C11H19N3O2. The lowest BCUT2D eigenvalue weighted by Crippen LogP contribution is -2.50. The summed E-state index contributed by atoms with van der Waals surface area (Å²) in [5.41, 5.74) is 0. The van der Waals surface area contributed by atoms with Crippen LogP contribution < -0.4 is 0 Å². The Hall–Kier alpha value is -1.26. The smallest absolute Gasteiger partial charge is 0.271 e. The number of carbonyl (C=O) groups excluding carboxylic acids is 1. The molecule has 16 heavy (non-hydrogen) atoms. The first-order valence-electron chi connectivity index (χ1n) is 5.95. The molecule has 0 saturated heterocycles. The number of nitrogens with zero attached hydrogens (tertiary/aromatic N) is 3. The topological polar surface area (TPSA) is 45.1 Å². The Morgan fingerprint density at radius 3 is 2.81 bits per heavy atom. The molecule has 1 amide bonds. The molecule has 1 unspecified atom stereocenters. The minimum atomic E-state index is -0.340. The van der Waals surface area contributed by atoms with Crippen molar-refractivity contribution in [2.75, 3.05) is 13.6 Å². The molecule has 0 aromatic heterocycles. The fourth-order valence-corrected chi connectivity index (χ4v) is 2.04. The van der Waals surface area contributed by atoms with Crippen molar-refractivity contribution in [1.29, 1.82) is 0 Å². The van der Waals surface area contributed by atoms with Gasteiger partial charge in [-0.05, 0) is 19.3 Å². The first-order chi connectivity index (χ1) is 7.74. The van der Waals surface area contributed by atoms with Crippen LogP contribution in [0.5, 0.6) is 0 Å². The highest BCUT2D eigenvalue weighted by molar-refractivity contribution is 5.80. The standard InChI is InChI=1S/C11H19N3O2/c1-3-7-14(10(15)9-5-4-6-9)11-13(2)12-8-16-11/h8-9,11H,3-7H2,1-2H3. The molecule has 1 aliphatic carbocycles. The molecular weight excluding hydrogens is 206 g/mol. The van der Waals surface area contributed by atoms with E-state index in [0.29, 0.717) is 0 Å². The molecule has 1 atom stereocenters. The van der Waals surface area contributed by atoms with Crippen LogP contribution in [-0.4, -0.2) is 42.2 Å². The highest BCUT2D eigenvalue weighted by Gasteiger charge is 2.36. The summed E-state index contributed by atoms with van der Waals surface area (Å²) < 4.78 is 5.36. The van der Waals surface area contributed by atoms with E-state index in [1.165, 1.54) is 12.8 Å². The molecule has 0 spiro atoms. The Morgan fingerprint density at radius 2 is 2.38 bits per heavy atom. The SMILES string of the molecule is CCCN(C(=O)C1CCC1)C1OC=NN1C. The van der Waals surface area contributed by atoms with Crippen LogP contribution in [0.2, 0.25) is 0 Å². The van der Waals surface area contributed by atoms with Crippen LogP contribution in [0.15, 0.2) is 5.10 Å². The van der Waals surface area contributed by atoms with Gasteiger partial charge in [0.2, 0.25) is 5.91 Å². The van der Waals surface area contributed by atoms with Crippen molar-refractivity contribution >= 4 is 12.3 Å². The van der Waals surface area contributed by atoms with Crippen molar-refractivity contribution < 1.29 is 9.53 Å². The predicted molar refractivity (Wildman–Crippen MR) is 60.5 cm³/mol. The summed E-state index contributed by atoms with van der Waals surface area (Å²) in [4.78, 5) is 14.0. The molecule has 1 fully saturated rings. The van der Waals surface area contributed by atoms with Gasteiger partial charge in [0.15, 0.2) is 6.40 Å². The Balaban J connectivity index is 2.00. The van der Waals surface area contributed by atoms with Gasteiger partial charge in [-0.15, -0.1) is 5.10 Å². The number of hydrogen-bond donors (Lipinski definition) is 0. The summed E-state index contributed by atoms with van der Waals surface area (Å²) in [6.45, 7) is 2.80. The zero-order chi connectivity index (χ0) is 11.5. The van der Waals surface area contributed by atoms with E-state index < -0.39 is 0 Å². The minimum absolute atomic E-state index is 0.212. The number of amides is 1. The maximum atomic E-state index is 12.2. The highest BCUT2D eigenvalue weighted by atomic mass is 16.5. The van der Waals surface area contributed by atoms with Crippen molar-refractivity contribution in [3.05, 3.63) is 0 Å². The van der Waals surface area contributed by atoms with Crippen LogP contribution >= 0.6 is 0 Å². The molecule has 1 heterocycles. The Morgan fingerprint density at radius 1 is 1.62 bits per heavy atom. The Labute approximate surface area is 96.0 Å². The van der Waals surface area contributed by atoms with E-state index in [2.05, 4.69) is 12.0 Å². The second-order valence-corrected chi connectivity index (χ2v) is 4.42. The molecule has 90 valence electrons. The number of rotatable bonds is 4. The van der Waals surface area contributed by atoms with Gasteiger partial charge in [0.25, 0.3) is 6.35 Å². The molecule has 5 heteroatoms. The van der Waals surface area contributed by atoms with E-state index in [1.807, 2.05) is 7.05 Å². The molecule has 2 aliphatic rings. The van der Waals surface area contributed by atoms with Crippen LogP contribution in [0.1, 0.15) is 32.6 Å². The Kier molecular flexibility index (Phi) is 3.31. The number of hydrogen-bond acceptors (Lipinski definition) is 4. The average Bonchev–Trinajstić information content (AvgIpc) is 2.58. The minimum Gasteiger partial charge on any atom is -0.438 e. The van der Waals surface area contributed by atoms with Gasteiger partial charge in [0, 0.05) is 19.5 Å². The summed E-state index contributed by atoms with van der Waals surface area (Å²) in [5.74, 6) is 0.430. The summed E-state index contributed by atoms with van der Waals surface area (Å²) in [7, 11) is 1.82. The third kappa shape index (κ3) is 1.99. The van der Waals surface area contributed by atoms with E-state index in [0.717, 1.165) is 25.8 Å². The average molecular weight is 225 g/mol. The quantitative estimate of drug-likeness (QED) is 0.722. The lowest BCUT2D eigenvalue weighted by atomic mass is 9.84. The van der Waals surface area contributed by atoms with Crippen molar-refractivity contribution in [2.24, 2.45) is 11.0 Å². The van der Waals surface area contributed by atoms with Crippen LogP contribution in [0, 0.1) is 5.92 Å². The normalized spacial score (nSPS) is 24.1. The molecule has 1 aliphatic heterocycles. The summed E-state index contributed by atoms with van der Waals surface area (Å²) in [5, 5.41) is 5.69. The molecule has 0 radical (unpaired) electrons. The Bertz CT molecular complexity index is 289. The number of hydrazone groups is 1. The maximum Gasteiger partial charge on any atom is 0.271 e. The molecule has 0 aromatic rings. The second-order valence-electron chi connectivity index (χ2n) is 4.42. The van der Waals surface area contributed by atoms with Gasteiger partial charge < -0.3 is 4.74 Å². The number of ether oxygens (including phenoxy) is 1. The van der Waals surface area contributed by atoms with Crippen molar-refractivity contribution in [2.45, 2.75) is 39.0 Å². The van der Waals surface area contributed by atoms with Gasteiger partial charge in [-0.1, -0.05) is 13.3 Å². The van der Waals surface area contributed by atoms with E-state index >= 15 is 0 Å². The zero-order valence-corrected chi connectivity index (χ0v) is 9.93. The number of carbonyl (C=O) groups is 1. The van der Waals surface area contributed by atoms with Gasteiger partial charge in [-0.25, -0.2) is 5.01 Å². The van der Waals surface area contributed by atoms with Crippen LogP contribution in [-0.2, 0) is 9.53 Å². The van der Waals surface area contributed by atoms with E-state index in [4.69, 9.17) is 4.74 Å². The lowest BCUT2D eigenvalue weighted by Gasteiger charge is -2.36. The van der Waals surface area contributed by atoms with Crippen molar-refractivity contribution in [3.63, 3.8) is 0 Å².